The molecule has 0 radical (unpaired) electrons. The predicted octanol–water partition coefficient (Wildman–Crippen LogP) is 5.35. The summed E-state index contributed by atoms with van der Waals surface area (Å²) in [6.45, 7) is 7.35. The molecule has 0 aliphatic carbocycles. The number of thiazole rings is 1. The fourth-order valence-electron chi connectivity index (χ4n) is 3.21. The first kappa shape index (κ1) is 28.5. The van der Waals surface area contributed by atoms with E-state index in [1.54, 1.807) is 23.1 Å². The number of nitrogens with zero attached hydrogens (tertiary/aromatic N) is 3. The molecule has 196 valence electrons. The smallest absolute Gasteiger partial charge is 0.260 e. The van der Waals surface area contributed by atoms with E-state index in [0.717, 1.165) is 15.6 Å². The maximum atomic E-state index is 12.2. The summed E-state index contributed by atoms with van der Waals surface area (Å²) in [5.41, 5.74) is 5.06. The Bertz CT molecular complexity index is 1210. The highest BCUT2D eigenvalue weighted by Gasteiger charge is 2.13. The van der Waals surface area contributed by atoms with Gasteiger partial charge in [0.25, 0.3) is 11.8 Å². The van der Waals surface area contributed by atoms with E-state index in [2.05, 4.69) is 15.5 Å². The maximum absolute atomic E-state index is 12.2. The monoisotopic (exact) mass is 560 g/mol. The summed E-state index contributed by atoms with van der Waals surface area (Å²) in [5.74, 6) is 0.826. The zero-order valence-corrected chi connectivity index (χ0v) is 23.3. The number of carbonyl (C=O) groups excluding carboxylic acids is 2. The number of hydrogen-bond donors (Lipinski definition) is 1. The minimum absolute atomic E-state index is 0.0663. The van der Waals surface area contributed by atoms with E-state index in [-0.39, 0.29) is 24.2 Å². The van der Waals surface area contributed by atoms with Gasteiger partial charge in [-0.05, 0) is 56.7 Å². The first-order valence-corrected chi connectivity index (χ1v) is 14.0. The Balaban J connectivity index is 1.51. The van der Waals surface area contributed by atoms with Crippen LogP contribution in [0.15, 0.2) is 57.3 Å². The van der Waals surface area contributed by atoms with Crippen LogP contribution < -0.4 is 14.9 Å². The van der Waals surface area contributed by atoms with Crippen LogP contribution in [-0.2, 0) is 9.59 Å². The number of ether oxygens (including phenoxy) is 2. The van der Waals surface area contributed by atoms with Gasteiger partial charge in [0.05, 0.1) is 24.3 Å². The molecule has 11 heteroatoms. The van der Waals surface area contributed by atoms with Crippen LogP contribution in [0.2, 0.25) is 5.02 Å². The average Bonchev–Trinajstić information content (AvgIpc) is 3.37. The lowest BCUT2D eigenvalue weighted by Gasteiger charge is -2.19. The van der Waals surface area contributed by atoms with Crippen molar-refractivity contribution in [2.24, 2.45) is 5.10 Å². The number of thioether (sulfide) groups is 1. The van der Waals surface area contributed by atoms with Gasteiger partial charge < -0.3 is 14.4 Å². The molecule has 0 spiro atoms. The fraction of sp³-hybridized carbons (Fsp3) is 0.308. The first-order valence-electron chi connectivity index (χ1n) is 11.8. The van der Waals surface area contributed by atoms with E-state index < -0.39 is 0 Å². The second-order valence-corrected chi connectivity index (χ2v) is 10.1. The van der Waals surface area contributed by atoms with Crippen molar-refractivity contribution < 1.29 is 19.1 Å². The van der Waals surface area contributed by atoms with Crippen molar-refractivity contribution in [2.75, 3.05) is 32.1 Å². The first-order chi connectivity index (χ1) is 17.9. The van der Waals surface area contributed by atoms with Crippen LogP contribution in [0, 0.1) is 0 Å². The van der Waals surface area contributed by atoms with E-state index >= 15 is 0 Å². The molecule has 1 heterocycles. The molecule has 2 aromatic carbocycles. The predicted molar refractivity (Wildman–Crippen MR) is 150 cm³/mol. The Hall–Kier alpha value is -3.08. The van der Waals surface area contributed by atoms with Gasteiger partial charge in [-0.3, -0.25) is 9.59 Å². The highest BCUT2D eigenvalue weighted by atomic mass is 35.5. The van der Waals surface area contributed by atoms with Crippen LogP contribution >= 0.6 is 34.7 Å². The van der Waals surface area contributed by atoms with Crippen LogP contribution in [0.25, 0.3) is 11.3 Å². The van der Waals surface area contributed by atoms with Crippen LogP contribution in [-0.4, -0.2) is 60.0 Å². The zero-order chi connectivity index (χ0) is 26.6. The molecular weight excluding hydrogens is 532 g/mol. The van der Waals surface area contributed by atoms with E-state index in [1.807, 2.05) is 50.4 Å². The van der Waals surface area contributed by atoms with Crippen molar-refractivity contribution in [1.82, 2.24) is 15.3 Å². The molecule has 0 saturated carbocycles. The lowest BCUT2D eigenvalue weighted by Crippen LogP contribution is -2.34. The van der Waals surface area contributed by atoms with Gasteiger partial charge in [0, 0.05) is 29.1 Å². The second-order valence-electron chi connectivity index (χ2n) is 7.58. The third-order valence-corrected chi connectivity index (χ3v) is 7.36. The number of hydrazone groups is 1. The summed E-state index contributed by atoms with van der Waals surface area (Å²) >= 11 is 8.76. The van der Waals surface area contributed by atoms with E-state index in [4.69, 9.17) is 21.1 Å². The molecule has 3 rings (SSSR count). The molecule has 0 aliphatic rings. The van der Waals surface area contributed by atoms with Crippen molar-refractivity contribution in [1.29, 1.82) is 0 Å². The van der Waals surface area contributed by atoms with Gasteiger partial charge in [-0.1, -0.05) is 35.5 Å². The average molecular weight is 561 g/mol. The normalized spacial score (nSPS) is 10.9. The Morgan fingerprint density at radius 1 is 1.11 bits per heavy atom. The summed E-state index contributed by atoms with van der Waals surface area (Å²) in [5, 5.41) is 6.66. The highest BCUT2D eigenvalue weighted by Crippen LogP contribution is 2.29. The number of nitrogens with one attached hydrogen (secondary N) is 1. The van der Waals surface area contributed by atoms with Crippen LogP contribution in [0.3, 0.4) is 0 Å². The standard InChI is InChI=1S/C26H29ClN4O4S2/c1-4-31(5-2)25(33)15-35-22-12-7-18(13-23(22)34-6-3)14-28-30-24(32)17-37-26-29-21(16-36-26)19-8-10-20(27)11-9-19/h7-14,16H,4-6,15,17H2,1-3H3,(H,30,32)/b28-14+. The molecule has 2 amide bonds. The molecule has 0 fully saturated rings. The molecule has 37 heavy (non-hydrogen) atoms. The molecule has 0 saturated heterocycles. The molecule has 0 bridgehead atoms. The summed E-state index contributed by atoms with van der Waals surface area (Å²) in [6, 6.07) is 12.7. The number of rotatable bonds is 13. The van der Waals surface area contributed by atoms with E-state index in [0.29, 0.717) is 41.8 Å². The van der Waals surface area contributed by atoms with Gasteiger partial charge in [0.15, 0.2) is 22.4 Å². The number of benzene rings is 2. The molecule has 0 unspecified atom stereocenters. The molecule has 0 aliphatic heterocycles. The molecule has 0 atom stereocenters. The second kappa shape index (κ2) is 14.6. The number of amides is 2. The lowest BCUT2D eigenvalue weighted by atomic mass is 10.2. The molecule has 8 nitrogen and oxygen atoms in total. The van der Waals surface area contributed by atoms with Gasteiger partial charge >= 0.3 is 0 Å². The fourth-order valence-corrected chi connectivity index (χ4v) is 4.97. The zero-order valence-electron chi connectivity index (χ0n) is 20.9. The Labute approximate surface area is 230 Å². The van der Waals surface area contributed by atoms with Crippen molar-refractivity contribution in [3.8, 4) is 22.8 Å². The lowest BCUT2D eigenvalue weighted by molar-refractivity contribution is -0.133. The SMILES string of the molecule is CCOc1cc(/C=N/NC(=O)CSc2nc(-c3ccc(Cl)cc3)cs2)ccc1OCC(=O)N(CC)CC. The largest absolute Gasteiger partial charge is 0.490 e. The third-order valence-electron chi connectivity index (χ3n) is 5.09. The molecule has 1 N–H and O–H groups in total. The number of likely N-dealkylation sites (N-methyl/N-ethyl adjacent to an activating group) is 1. The maximum Gasteiger partial charge on any atom is 0.260 e. The molecular formula is C26H29ClN4O4S2. The number of hydrogen-bond acceptors (Lipinski definition) is 8. The minimum atomic E-state index is -0.246. The number of aromatic nitrogens is 1. The van der Waals surface area contributed by atoms with Crippen LogP contribution in [0.4, 0.5) is 0 Å². The molecule has 3 aromatic rings. The van der Waals surface area contributed by atoms with Crippen LogP contribution in [0.1, 0.15) is 26.3 Å². The summed E-state index contributed by atoms with van der Waals surface area (Å²) in [6.07, 6.45) is 1.53. The Kier molecular flexibility index (Phi) is 11.2. The van der Waals surface area contributed by atoms with Crippen molar-refractivity contribution in [2.45, 2.75) is 25.1 Å². The van der Waals surface area contributed by atoms with E-state index in [9.17, 15) is 9.59 Å². The van der Waals surface area contributed by atoms with Crippen LogP contribution in [0.5, 0.6) is 11.5 Å². The minimum Gasteiger partial charge on any atom is -0.490 e. The highest BCUT2D eigenvalue weighted by molar-refractivity contribution is 8.01. The third kappa shape index (κ3) is 8.77. The van der Waals surface area contributed by atoms with Gasteiger partial charge in [0.1, 0.15) is 0 Å². The summed E-state index contributed by atoms with van der Waals surface area (Å²) in [4.78, 5) is 30.7. The van der Waals surface area contributed by atoms with Gasteiger partial charge in [-0.25, -0.2) is 10.4 Å². The van der Waals surface area contributed by atoms with Gasteiger partial charge in [-0.15, -0.1) is 11.3 Å². The Morgan fingerprint density at radius 2 is 1.86 bits per heavy atom. The molecule has 1 aromatic heterocycles. The quantitative estimate of drug-likeness (QED) is 0.172. The Morgan fingerprint density at radius 3 is 2.57 bits per heavy atom. The number of halogens is 1. The summed E-state index contributed by atoms with van der Waals surface area (Å²) in [7, 11) is 0. The van der Waals surface area contributed by atoms with Crippen molar-refractivity contribution in [3.05, 3.63) is 58.4 Å². The summed E-state index contributed by atoms with van der Waals surface area (Å²) < 4.78 is 12.2. The van der Waals surface area contributed by atoms with Crippen molar-refractivity contribution >= 4 is 52.7 Å². The van der Waals surface area contributed by atoms with Gasteiger partial charge in [-0.2, -0.15) is 5.10 Å². The van der Waals surface area contributed by atoms with E-state index in [1.165, 1.54) is 29.3 Å². The number of carbonyl (C=O) groups is 2. The topological polar surface area (TPSA) is 93.1 Å². The van der Waals surface area contributed by atoms with Gasteiger partial charge in [0.2, 0.25) is 0 Å². The van der Waals surface area contributed by atoms with Crippen molar-refractivity contribution in [3.63, 3.8) is 0 Å².